The number of nitrogens with zero attached hydrogens (tertiary/aromatic N) is 1. The molecule has 2 aromatic rings. The highest BCUT2D eigenvalue weighted by atomic mass is 32.1. The van der Waals surface area contributed by atoms with Gasteiger partial charge < -0.3 is 15.0 Å². The molecule has 0 radical (unpaired) electrons. The molecule has 124 valence electrons. The number of carbonyl (C=O) groups is 3. The Morgan fingerprint density at radius 3 is 2.88 bits per heavy atom. The fraction of sp³-hybridized carbons (Fsp3) is 0.235. The van der Waals surface area contributed by atoms with Crippen molar-refractivity contribution in [3.05, 3.63) is 46.7 Å². The van der Waals surface area contributed by atoms with Gasteiger partial charge >= 0.3 is 5.97 Å². The van der Waals surface area contributed by atoms with E-state index >= 15 is 0 Å². The summed E-state index contributed by atoms with van der Waals surface area (Å²) in [5, 5.41) is 6.10. The van der Waals surface area contributed by atoms with Gasteiger partial charge in [0, 0.05) is 29.7 Å². The maximum atomic E-state index is 11.9. The maximum Gasteiger partial charge on any atom is 0.339 e. The molecule has 1 N–H and O–H groups in total. The van der Waals surface area contributed by atoms with Gasteiger partial charge in [0.2, 0.25) is 5.91 Å². The van der Waals surface area contributed by atoms with E-state index in [1.807, 2.05) is 6.07 Å². The minimum atomic E-state index is -0.525. The Morgan fingerprint density at radius 2 is 2.17 bits per heavy atom. The number of hydrogen-bond acceptors (Lipinski definition) is 5. The van der Waals surface area contributed by atoms with Gasteiger partial charge in [0.15, 0.2) is 6.61 Å². The molecule has 2 heterocycles. The Morgan fingerprint density at radius 1 is 1.29 bits per heavy atom. The number of benzene rings is 1. The third kappa shape index (κ3) is 3.80. The van der Waals surface area contributed by atoms with Gasteiger partial charge in [-0.15, -0.1) is 0 Å². The molecule has 6 nitrogen and oxygen atoms in total. The number of thiophene rings is 1. The summed E-state index contributed by atoms with van der Waals surface area (Å²) in [5.41, 5.74) is 1.75. The summed E-state index contributed by atoms with van der Waals surface area (Å²) in [6.07, 6.45) is 1.39. The fourth-order valence-electron chi connectivity index (χ4n) is 2.46. The largest absolute Gasteiger partial charge is 0.452 e. The number of carbonyl (C=O) groups excluding carboxylic acids is 3. The predicted octanol–water partition coefficient (Wildman–Crippen LogP) is 2.67. The van der Waals surface area contributed by atoms with Crippen molar-refractivity contribution in [1.82, 2.24) is 0 Å². The zero-order chi connectivity index (χ0) is 16.9. The molecule has 7 heteroatoms. The molecule has 1 aromatic carbocycles. The smallest absolute Gasteiger partial charge is 0.339 e. The molecular weight excluding hydrogens is 328 g/mol. The van der Waals surface area contributed by atoms with Crippen molar-refractivity contribution in [1.29, 1.82) is 0 Å². The Balaban J connectivity index is 1.56. The van der Waals surface area contributed by atoms with Crippen LogP contribution in [0.1, 0.15) is 23.2 Å². The zero-order valence-electron chi connectivity index (χ0n) is 12.9. The van der Waals surface area contributed by atoms with Crippen LogP contribution in [0, 0.1) is 0 Å². The lowest BCUT2D eigenvalue weighted by Crippen LogP contribution is -2.24. The van der Waals surface area contributed by atoms with Crippen LogP contribution < -0.4 is 10.2 Å². The molecular formula is C17H16N2O4S. The number of hydrogen-bond donors (Lipinski definition) is 1. The second-order valence-corrected chi connectivity index (χ2v) is 6.12. The first-order chi connectivity index (χ1) is 11.6. The molecule has 1 fully saturated rings. The lowest BCUT2D eigenvalue weighted by atomic mass is 10.2. The van der Waals surface area contributed by atoms with Crippen molar-refractivity contribution >= 4 is 40.5 Å². The van der Waals surface area contributed by atoms with E-state index in [1.54, 1.807) is 39.9 Å². The number of ether oxygens (including phenoxy) is 1. The molecule has 3 rings (SSSR count). The van der Waals surface area contributed by atoms with E-state index in [-0.39, 0.29) is 12.5 Å². The van der Waals surface area contributed by atoms with E-state index < -0.39 is 11.9 Å². The van der Waals surface area contributed by atoms with Crippen LogP contribution in [-0.2, 0) is 14.3 Å². The van der Waals surface area contributed by atoms with Gasteiger partial charge in [-0.25, -0.2) is 4.79 Å². The van der Waals surface area contributed by atoms with Crippen LogP contribution in [0.2, 0.25) is 0 Å². The standard InChI is InChI=1S/C17H16N2O4S/c20-15(10-23-17(22)12-6-8-24-11-12)18-13-3-1-4-14(9-13)19-7-2-5-16(19)21/h1,3-4,6,8-9,11H,2,5,7,10H2,(H,18,20). The lowest BCUT2D eigenvalue weighted by molar-refractivity contribution is -0.119. The molecule has 0 bridgehead atoms. The molecule has 0 aliphatic carbocycles. The monoisotopic (exact) mass is 344 g/mol. The average Bonchev–Trinajstić information content (AvgIpc) is 3.24. The minimum absolute atomic E-state index is 0.0863. The van der Waals surface area contributed by atoms with Crippen LogP contribution >= 0.6 is 11.3 Å². The fourth-order valence-corrected chi connectivity index (χ4v) is 3.09. The summed E-state index contributed by atoms with van der Waals surface area (Å²) >= 11 is 1.39. The number of rotatable bonds is 5. The molecule has 1 aliphatic heterocycles. The second kappa shape index (κ2) is 7.27. The highest BCUT2D eigenvalue weighted by Crippen LogP contribution is 2.24. The van der Waals surface area contributed by atoms with Crippen molar-refractivity contribution in [2.75, 3.05) is 23.4 Å². The van der Waals surface area contributed by atoms with E-state index in [9.17, 15) is 14.4 Å². The maximum absolute atomic E-state index is 11.9. The van der Waals surface area contributed by atoms with E-state index in [1.165, 1.54) is 11.3 Å². The molecule has 0 unspecified atom stereocenters. The second-order valence-electron chi connectivity index (χ2n) is 5.34. The van der Waals surface area contributed by atoms with Gasteiger partial charge in [-0.05, 0) is 36.1 Å². The third-order valence-electron chi connectivity index (χ3n) is 3.61. The van der Waals surface area contributed by atoms with Crippen molar-refractivity contribution in [2.24, 2.45) is 0 Å². The summed E-state index contributed by atoms with van der Waals surface area (Å²) in [5.74, 6) is -0.866. The summed E-state index contributed by atoms with van der Waals surface area (Å²) in [4.78, 5) is 37.1. The number of amides is 2. The lowest BCUT2D eigenvalue weighted by Gasteiger charge is -2.16. The SMILES string of the molecule is O=C(COC(=O)c1ccsc1)Nc1cccc(N2CCCC2=O)c1. The Labute approximate surface area is 143 Å². The molecule has 24 heavy (non-hydrogen) atoms. The van der Waals surface area contributed by atoms with Gasteiger partial charge in [-0.1, -0.05) is 6.07 Å². The number of anilines is 2. The summed E-state index contributed by atoms with van der Waals surface area (Å²) in [6.45, 7) is 0.329. The Hall–Kier alpha value is -2.67. The summed E-state index contributed by atoms with van der Waals surface area (Å²) in [7, 11) is 0. The molecule has 1 saturated heterocycles. The summed E-state index contributed by atoms with van der Waals surface area (Å²) in [6, 6.07) is 8.70. The molecule has 0 atom stereocenters. The third-order valence-corrected chi connectivity index (χ3v) is 4.29. The van der Waals surface area contributed by atoms with E-state index in [2.05, 4.69) is 5.32 Å². The van der Waals surface area contributed by atoms with Crippen molar-refractivity contribution in [2.45, 2.75) is 12.8 Å². The topological polar surface area (TPSA) is 75.7 Å². The molecule has 0 spiro atoms. The highest BCUT2D eigenvalue weighted by Gasteiger charge is 2.21. The minimum Gasteiger partial charge on any atom is -0.452 e. The zero-order valence-corrected chi connectivity index (χ0v) is 13.7. The van der Waals surface area contributed by atoms with Crippen molar-refractivity contribution in [3.8, 4) is 0 Å². The first kappa shape index (κ1) is 16.2. The molecule has 0 saturated carbocycles. The van der Waals surface area contributed by atoms with E-state index in [0.29, 0.717) is 24.2 Å². The van der Waals surface area contributed by atoms with Crippen molar-refractivity contribution < 1.29 is 19.1 Å². The predicted molar refractivity (Wildman–Crippen MR) is 91.3 cm³/mol. The van der Waals surface area contributed by atoms with Crippen LogP contribution in [0.3, 0.4) is 0 Å². The van der Waals surface area contributed by atoms with Crippen LogP contribution in [0.25, 0.3) is 0 Å². The number of nitrogens with one attached hydrogen (secondary N) is 1. The van der Waals surface area contributed by atoms with Crippen LogP contribution in [0.5, 0.6) is 0 Å². The molecule has 1 aliphatic rings. The van der Waals surface area contributed by atoms with Crippen molar-refractivity contribution in [3.63, 3.8) is 0 Å². The average molecular weight is 344 g/mol. The first-order valence-electron chi connectivity index (χ1n) is 7.53. The van der Waals surface area contributed by atoms with Gasteiger partial charge in [0.25, 0.3) is 5.91 Å². The molecule has 1 aromatic heterocycles. The van der Waals surface area contributed by atoms with Crippen LogP contribution in [0.15, 0.2) is 41.1 Å². The molecule has 2 amide bonds. The van der Waals surface area contributed by atoms with Gasteiger partial charge in [-0.2, -0.15) is 11.3 Å². The van der Waals surface area contributed by atoms with Crippen LogP contribution in [0.4, 0.5) is 11.4 Å². The summed E-state index contributed by atoms with van der Waals surface area (Å²) < 4.78 is 4.96. The first-order valence-corrected chi connectivity index (χ1v) is 8.47. The normalized spacial score (nSPS) is 13.8. The van der Waals surface area contributed by atoms with E-state index in [0.717, 1.165) is 12.1 Å². The van der Waals surface area contributed by atoms with Crippen LogP contribution in [-0.4, -0.2) is 30.9 Å². The van der Waals surface area contributed by atoms with Gasteiger partial charge in [0.1, 0.15) is 0 Å². The quantitative estimate of drug-likeness (QED) is 0.846. The van der Waals surface area contributed by atoms with E-state index in [4.69, 9.17) is 4.74 Å². The Bertz CT molecular complexity index is 758. The number of esters is 1. The highest BCUT2D eigenvalue weighted by molar-refractivity contribution is 7.08. The Kier molecular flexibility index (Phi) is 4.90. The van der Waals surface area contributed by atoms with Gasteiger partial charge in [0.05, 0.1) is 5.56 Å². The van der Waals surface area contributed by atoms with Gasteiger partial charge in [-0.3, -0.25) is 9.59 Å².